The largest absolute Gasteiger partial charge is 0.436 e. The minimum absolute atomic E-state index is 0.400. The number of morpholine rings is 1. The summed E-state index contributed by atoms with van der Waals surface area (Å²) in [5.41, 5.74) is 1.81. The van der Waals surface area contributed by atoms with Crippen LogP contribution in [0.2, 0.25) is 0 Å². The van der Waals surface area contributed by atoms with E-state index in [1.807, 2.05) is 22.9 Å². The second-order valence-corrected chi connectivity index (χ2v) is 4.85. The zero-order valence-electron chi connectivity index (χ0n) is 10.2. The molecule has 100 valence electrons. The Morgan fingerprint density at radius 1 is 1.37 bits per heavy atom. The van der Waals surface area contributed by atoms with Crippen LogP contribution in [0.5, 0.6) is 0 Å². The van der Waals surface area contributed by atoms with Gasteiger partial charge in [-0.3, -0.25) is 4.84 Å². The first-order chi connectivity index (χ1) is 9.33. The quantitative estimate of drug-likeness (QED) is 0.836. The number of carbonyl (C=O) groups is 1. The number of hydrogen-bond donors (Lipinski definition) is 0. The molecule has 0 saturated carbocycles. The van der Waals surface area contributed by atoms with Crippen molar-refractivity contribution >= 4 is 17.4 Å². The molecule has 1 aliphatic rings. The van der Waals surface area contributed by atoms with Crippen LogP contribution >= 0.6 is 11.3 Å². The van der Waals surface area contributed by atoms with Crippen LogP contribution in [0.1, 0.15) is 0 Å². The molecule has 0 aliphatic carbocycles. The molecule has 0 N–H and O–H groups in total. The molecule has 1 amide bonds. The van der Waals surface area contributed by atoms with E-state index in [4.69, 9.17) is 9.57 Å². The van der Waals surface area contributed by atoms with E-state index in [0.29, 0.717) is 26.3 Å². The van der Waals surface area contributed by atoms with Crippen molar-refractivity contribution < 1.29 is 14.4 Å². The minimum atomic E-state index is -0.400. The zero-order chi connectivity index (χ0) is 13.1. The summed E-state index contributed by atoms with van der Waals surface area (Å²) in [5.74, 6) is 0. The first kappa shape index (κ1) is 12.2. The van der Waals surface area contributed by atoms with Crippen LogP contribution in [-0.4, -0.2) is 47.2 Å². The van der Waals surface area contributed by atoms with E-state index >= 15 is 0 Å². The smallest absolute Gasteiger partial charge is 0.378 e. The van der Waals surface area contributed by atoms with Gasteiger partial charge in [-0.05, 0) is 17.5 Å². The maximum atomic E-state index is 11.9. The highest BCUT2D eigenvalue weighted by Gasteiger charge is 2.19. The molecular weight excluding hydrogens is 266 g/mol. The van der Waals surface area contributed by atoms with Gasteiger partial charge < -0.3 is 9.64 Å². The molecule has 19 heavy (non-hydrogen) atoms. The predicted octanol–water partition coefficient (Wildman–Crippen LogP) is 1.49. The SMILES string of the molecule is O=C(On1ccc(-c2ccsc2)n1)N1CCOCC1. The van der Waals surface area contributed by atoms with Gasteiger partial charge in [0.25, 0.3) is 0 Å². The molecule has 1 saturated heterocycles. The normalized spacial score (nSPS) is 15.5. The lowest BCUT2D eigenvalue weighted by atomic mass is 10.2. The van der Waals surface area contributed by atoms with Crippen molar-refractivity contribution in [2.45, 2.75) is 0 Å². The van der Waals surface area contributed by atoms with Gasteiger partial charge in [0.2, 0.25) is 0 Å². The molecule has 6 nitrogen and oxygen atoms in total. The van der Waals surface area contributed by atoms with Crippen molar-refractivity contribution in [3.05, 3.63) is 29.1 Å². The van der Waals surface area contributed by atoms with Crippen LogP contribution in [0.15, 0.2) is 29.1 Å². The van der Waals surface area contributed by atoms with E-state index in [2.05, 4.69) is 5.10 Å². The fourth-order valence-corrected chi connectivity index (χ4v) is 2.46. The second-order valence-electron chi connectivity index (χ2n) is 4.07. The molecule has 7 heteroatoms. The summed E-state index contributed by atoms with van der Waals surface area (Å²) >= 11 is 1.60. The summed E-state index contributed by atoms with van der Waals surface area (Å²) in [6, 6.07) is 3.79. The van der Waals surface area contributed by atoms with Crippen molar-refractivity contribution in [1.82, 2.24) is 14.8 Å². The second kappa shape index (κ2) is 5.41. The molecule has 3 heterocycles. The van der Waals surface area contributed by atoms with Crippen molar-refractivity contribution in [2.75, 3.05) is 26.3 Å². The molecule has 0 aromatic carbocycles. The van der Waals surface area contributed by atoms with Gasteiger partial charge in [0.1, 0.15) is 0 Å². The third kappa shape index (κ3) is 2.77. The molecule has 0 bridgehead atoms. The highest BCUT2D eigenvalue weighted by atomic mass is 32.1. The standard InChI is InChI=1S/C12H13N3O3S/c16-12(14-4-6-17-7-5-14)18-15-3-1-11(13-15)10-2-8-19-9-10/h1-3,8-9H,4-7H2. The molecule has 0 atom stereocenters. The van der Waals surface area contributed by atoms with Crippen LogP contribution in [0.3, 0.4) is 0 Å². The fraction of sp³-hybridized carbons (Fsp3) is 0.333. The summed E-state index contributed by atoms with van der Waals surface area (Å²) in [6.07, 6.45) is 1.23. The van der Waals surface area contributed by atoms with Crippen molar-refractivity contribution in [3.8, 4) is 11.3 Å². The van der Waals surface area contributed by atoms with Crippen molar-refractivity contribution in [1.29, 1.82) is 0 Å². The third-order valence-electron chi connectivity index (χ3n) is 2.82. The number of ether oxygens (including phenoxy) is 1. The molecule has 0 unspecified atom stereocenters. The van der Waals surface area contributed by atoms with Crippen LogP contribution in [-0.2, 0) is 4.74 Å². The van der Waals surface area contributed by atoms with E-state index in [0.717, 1.165) is 11.3 Å². The molecule has 1 fully saturated rings. The average molecular weight is 279 g/mol. The Hall–Kier alpha value is -1.86. The third-order valence-corrected chi connectivity index (χ3v) is 3.51. The monoisotopic (exact) mass is 279 g/mol. The molecule has 3 rings (SSSR count). The Bertz CT molecular complexity index is 546. The molecule has 0 spiro atoms. The number of nitrogens with zero attached hydrogens (tertiary/aromatic N) is 3. The van der Waals surface area contributed by atoms with Gasteiger partial charge in [0, 0.05) is 24.0 Å². The van der Waals surface area contributed by atoms with Gasteiger partial charge >= 0.3 is 6.09 Å². The number of hydrogen-bond acceptors (Lipinski definition) is 5. The Morgan fingerprint density at radius 2 is 2.21 bits per heavy atom. The number of rotatable bonds is 2. The molecule has 1 aliphatic heterocycles. The fourth-order valence-electron chi connectivity index (χ4n) is 1.81. The molecule has 2 aromatic rings. The lowest BCUT2D eigenvalue weighted by Crippen LogP contribution is -2.44. The van der Waals surface area contributed by atoms with Gasteiger partial charge in [0.15, 0.2) is 0 Å². The van der Waals surface area contributed by atoms with Gasteiger partial charge in [-0.2, -0.15) is 11.3 Å². The van der Waals surface area contributed by atoms with E-state index < -0.39 is 6.09 Å². The van der Waals surface area contributed by atoms with Crippen molar-refractivity contribution in [3.63, 3.8) is 0 Å². The molecule has 0 radical (unpaired) electrons. The highest BCUT2D eigenvalue weighted by molar-refractivity contribution is 7.08. The number of carbonyl (C=O) groups excluding carboxylic acids is 1. The Morgan fingerprint density at radius 3 is 2.95 bits per heavy atom. The Labute approximate surface area is 114 Å². The average Bonchev–Trinajstić information content (AvgIpc) is 3.10. The maximum Gasteiger partial charge on any atom is 0.436 e. The van der Waals surface area contributed by atoms with Gasteiger partial charge in [-0.15, -0.1) is 5.10 Å². The topological polar surface area (TPSA) is 56.6 Å². The van der Waals surface area contributed by atoms with Crippen LogP contribution in [0.4, 0.5) is 4.79 Å². The number of amides is 1. The lowest BCUT2D eigenvalue weighted by molar-refractivity contribution is 0.0198. The maximum absolute atomic E-state index is 11.9. The Balaban J connectivity index is 1.65. The Kier molecular flexibility index (Phi) is 3.47. The van der Waals surface area contributed by atoms with Gasteiger partial charge in [0.05, 0.1) is 25.1 Å². The van der Waals surface area contributed by atoms with Crippen LogP contribution in [0.25, 0.3) is 11.3 Å². The minimum Gasteiger partial charge on any atom is -0.378 e. The summed E-state index contributed by atoms with van der Waals surface area (Å²) in [7, 11) is 0. The summed E-state index contributed by atoms with van der Waals surface area (Å²) < 4.78 is 5.18. The zero-order valence-corrected chi connectivity index (χ0v) is 11.0. The number of thiophene rings is 1. The van der Waals surface area contributed by atoms with E-state index in [-0.39, 0.29) is 0 Å². The highest BCUT2D eigenvalue weighted by Crippen LogP contribution is 2.19. The first-order valence-electron chi connectivity index (χ1n) is 5.96. The van der Waals surface area contributed by atoms with Crippen molar-refractivity contribution in [2.24, 2.45) is 0 Å². The first-order valence-corrected chi connectivity index (χ1v) is 6.90. The van der Waals surface area contributed by atoms with Gasteiger partial charge in [-0.25, -0.2) is 4.79 Å². The summed E-state index contributed by atoms with van der Waals surface area (Å²) in [4.78, 5) is 19.8. The van der Waals surface area contributed by atoms with E-state index in [9.17, 15) is 4.79 Å². The summed E-state index contributed by atoms with van der Waals surface area (Å²) in [5, 5.41) is 8.19. The predicted molar refractivity (Wildman–Crippen MR) is 69.9 cm³/mol. The van der Waals surface area contributed by atoms with E-state index in [1.54, 1.807) is 22.4 Å². The summed E-state index contributed by atoms with van der Waals surface area (Å²) in [6.45, 7) is 2.21. The van der Waals surface area contributed by atoms with Crippen LogP contribution in [0, 0.1) is 0 Å². The van der Waals surface area contributed by atoms with Gasteiger partial charge in [-0.1, -0.05) is 4.85 Å². The van der Waals surface area contributed by atoms with Crippen LogP contribution < -0.4 is 4.84 Å². The molecular formula is C12H13N3O3S. The number of aromatic nitrogens is 2. The lowest BCUT2D eigenvalue weighted by Gasteiger charge is -2.25. The molecule has 2 aromatic heterocycles. The van der Waals surface area contributed by atoms with E-state index in [1.165, 1.54) is 4.85 Å².